The fourth-order valence-corrected chi connectivity index (χ4v) is 10.3. The first kappa shape index (κ1) is 78.6. The van der Waals surface area contributed by atoms with Gasteiger partial charge in [-0.3, -0.25) is 9.59 Å². The Morgan fingerprint density at radius 3 is 0.805 bits per heavy atom. The number of carbonyl (C=O) groups is 2. The molecule has 0 rings (SSSR count). The minimum Gasteiger partial charge on any atom is -0.462 e. The first-order valence-electron chi connectivity index (χ1n) is 35.4. The summed E-state index contributed by atoms with van der Waals surface area (Å²) in [5.74, 6) is -0.600. The Morgan fingerprint density at radius 2 is 0.524 bits per heavy atom. The number of esters is 2. The molecule has 0 saturated heterocycles. The highest BCUT2D eigenvalue weighted by molar-refractivity contribution is 5.70. The second-order valence-corrected chi connectivity index (χ2v) is 23.6. The molecule has 82 heavy (non-hydrogen) atoms. The van der Waals surface area contributed by atoms with E-state index in [0.717, 1.165) is 96.3 Å². The number of unbranched alkanes of at least 4 members (excludes halogenated alkanes) is 39. The summed E-state index contributed by atoms with van der Waals surface area (Å²) in [4.78, 5) is 24.6. The Bertz CT molecular complexity index is 1570. The van der Waals surface area contributed by atoms with Crippen molar-refractivity contribution < 1.29 is 24.2 Å². The molecule has 0 aliphatic carbocycles. The van der Waals surface area contributed by atoms with Crippen molar-refractivity contribution in [1.29, 1.82) is 0 Å². The Balaban J connectivity index is 3.48. The predicted octanol–water partition coefficient (Wildman–Crippen LogP) is 24.8. The lowest BCUT2D eigenvalue weighted by Crippen LogP contribution is -2.28. The van der Waals surface area contributed by atoms with E-state index in [9.17, 15) is 14.7 Å². The van der Waals surface area contributed by atoms with Gasteiger partial charge in [0.05, 0.1) is 6.61 Å². The molecule has 1 N–H and O–H groups in total. The van der Waals surface area contributed by atoms with Crippen LogP contribution in [0.15, 0.2) is 109 Å². The molecule has 5 nitrogen and oxygen atoms in total. The number of hydrogen-bond acceptors (Lipinski definition) is 5. The summed E-state index contributed by atoms with van der Waals surface area (Å²) in [6.07, 6.45) is 104. The van der Waals surface area contributed by atoms with Crippen molar-refractivity contribution in [2.75, 3.05) is 13.2 Å². The van der Waals surface area contributed by atoms with E-state index >= 15 is 0 Å². The highest BCUT2D eigenvalue weighted by atomic mass is 16.6. The standard InChI is InChI=1S/C77H134O5/c1-3-5-7-9-11-13-15-17-19-21-23-25-27-29-31-33-35-36-37-38-39-40-42-43-45-47-49-51-53-55-57-59-61-63-65-67-69-71-76(79)81-74-75(73-78)82-77(80)72-70-68-66-64-62-60-58-56-54-52-50-48-46-44-41-34-32-30-28-26-24-22-20-18-16-14-12-10-8-6-4-2/h6,8,12,14,18,20-21,23-24,26,30,32,41,44,48,50,54,56,75,78H,3-5,7,9-11,13,15-17,19,22,25,27-29,31,33-40,42-43,45-47,49,51-53,55,57-74H2,1-2H3/b8-6-,14-12-,20-18-,23-21-,26-24-,32-30-,44-41-,50-48-,56-54-. The van der Waals surface area contributed by atoms with Crippen molar-refractivity contribution in [3.05, 3.63) is 109 Å². The Labute approximate surface area is 510 Å². The molecule has 5 heteroatoms. The van der Waals surface area contributed by atoms with Crippen LogP contribution in [0.25, 0.3) is 0 Å². The Morgan fingerprint density at radius 1 is 0.293 bits per heavy atom. The minimum atomic E-state index is -0.788. The third-order valence-electron chi connectivity index (χ3n) is 15.6. The third-order valence-corrected chi connectivity index (χ3v) is 15.6. The molecule has 0 fully saturated rings. The van der Waals surface area contributed by atoms with Crippen LogP contribution in [0.5, 0.6) is 0 Å². The molecule has 0 aliphatic rings. The number of aliphatic hydroxyl groups is 1. The van der Waals surface area contributed by atoms with E-state index in [-0.39, 0.29) is 25.2 Å². The summed E-state index contributed by atoms with van der Waals surface area (Å²) in [6, 6.07) is 0. The van der Waals surface area contributed by atoms with Crippen LogP contribution in [-0.4, -0.2) is 36.4 Å². The summed E-state index contributed by atoms with van der Waals surface area (Å²) < 4.78 is 10.7. The molecule has 0 aliphatic heterocycles. The van der Waals surface area contributed by atoms with Gasteiger partial charge in [0, 0.05) is 12.8 Å². The van der Waals surface area contributed by atoms with Crippen molar-refractivity contribution in [3.8, 4) is 0 Å². The van der Waals surface area contributed by atoms with E-state index in [4.69, 9.17) is 9.47 Å². The van der Waals surface area contributed by atoms with Crippen LogP contribution in [-0.2, 0) is 19.1 Å². The normalized spacial score (nSPS) is 12.9. The van der Waals surface area contributed by atoms with E-state index in [1.807, 2.05) is 0 Å². The van der Waals surface area contributed by atoms with Gasteiger partial charge in [0.15, 0.2) is 6.10 Å². The number of rotatable bonds is 65. The van der Waals surface area contributed by atoms with Gasteiger partial charge in [0.25, 0.3) is 0 Å². The van der Waals surface area contributed by atoms with Crippen LogP contribution in [0.1, 0.15) is 348 Å². The molecular formula is C77H134O5. The SMILES string of the molecule is CC/C=C\C/C=C\C/C=C\C/C=C\C/C=C\C/C=C\C/C=C\C/C=C\CCCCCCCCC(=O)OC(CO)COC(=O)CCCCCCCCCCCCCCCCCCCCCCCCCCC/C=C\CCCCCCCCCC. The molecule has 1 atom stereocenters. The van der Waals surface area contributed by atoms with Gasteiger partial charge in [-0.15, -0.1) is 0 Å². The van der Waals surface area contributed by atoms with E-state index in [0.29, 0.717) is 12.8 Å². The maximum atomic E-state index is 12.4. The topological polar surface area (TPSA) is 72.8 Å². The van der Waals surface area contributed by atoms with E-state index < -0.39 is 6.10 Å². The summed E-state index contributed by atoms with van der Waals surface area (Å²) in [5.41, 5.74) is 0. The van der Waals surface area contributed by atoms with Crippen molar-refractivity contribution in [1.82, 2.24) is 0 Å². The van der Waals surface area contributed by atoms with Gasteiger partial charge in [0.1, 0.15) is 6.61 Å². The summed E-state index contributed by atoms with van der Waals surface area (Å²) in [6.45, 7) is 4.05. The maximum absolute atomic E-state index is 12.4. The summed E-state index contributed by atoms with van der Waals surface area (Å²) >= 11 is 0. The fourth-order valence-electron chi connectivity index (χ4n) is 10.3. The molecule has 0 saturated carbocycles. The minimum absolute atomic E-state index is 0.0746. The zero-order valence-electron chi connectivity index (χ0n) is 54.2. The molecule has 0 aromatic carbocycles. The largest absolute Gasteiger partial charge is 0.462 e. The van der Waals surface area contributed by atoms with Gasteiger partial charge in [-0.05, 0) is 103 Å². The molecule has 0 spiro atoms. The Hall–Kier alpha value is -3.44. The quantitative estimate of drug-likeness (QED) is 0.0373. The van der Waals surface area contributed by atoms with Crippen LogP contribution in [0.4, 0.5) is 0 Å². The van der Waals surface area contributed by atoms with Crippen LogP contribution in [0.2, 0.25) is 0 Å². The van der Waals surface area contributed by atoms with Gasteiger partial charge < -0.3 is 14.6 Å². The number of hydrogen-bond donors (Lipinski definition) is 1. The molecule has 472 valence electrons. The predicted molar refractivity (Wildman–Crippen MR) is 362 cm³/mol. The molecule has 0 aromatic rings. The van der Waals surface area contributed by atoms with Crippen molar-refractivity contribution in [3.63, 3.8) is 0 Å². The highest BCUT2D eigenvalue weighted by Gasteiger charge is 2.16. The number of aliphatic hydroxyl groups excluding tert-OH is 1. The molecule has 0 radical (unpaired) electrons. The molecule has 0 heterocycles. The van der Waals surface area contributed by atoms with Gasteiger partial charge >= 0.3 is 11.9 Å². The van der Waals surface area contributed by atoms with E-state index in [1.165, 1.54) is 225 Å². The van der Waals surface area contributed by atoms with Gasteiger partial charge in [0.2, 0.25) is 0 Å². The van der Waals surface area contributed by atoms with Gasteiger partial charge in [-0.1, -0.05) is 342 Å². The van der Waals surface area contributed by atoms with Crippen molar-refractivity contribution >= 4 is 11.9 Å². The van der Waals surface area contributed by atoms with Crippen molar-refractivity contribution in [2.45, 2.75) is 354 Å². The van der Waals surface area contributed by atoms with Gasteiger partial charge in [-0.25, -0.2) is 0 Å². The number of carbonyl (C=O) groups excluding carboxylic acids is 2. The Kier molecular flexibility index (Phi) is 68.8. The summed E-state index contributed by atoms with van der Waals surface area (Å²) in [5, 5.41) is 9.70. The zero-order valence-corrected chi connectivity index (χ0v) is 54.2. The molecule has 0 amide bonds. The fraction of sp³-hybridized carbons (Fsp3) is 0.740. The number of allylic oxidation sites excluding steroid dienone is 18. The molecule has 1 unspecified atom stereocenters. The van der Waals surface area contributed by atoms with Crippen LogP contribution in [0.3, 0.4) is 0 Å². The molecule has 0 aromatic heterocycles. The smallest absolute Gasteiger partial charge is 0.306 e. The van der Waals surface area contributed by atoms with Crippen LogP contribution >= 0.6 is 0 Å². The van der Waals surface area contributed by atoms with Crippen LogP contribution in [0, 0.1) is 0 Å². The third kappa shape index (κ3) is 69.1. The highest BCUT2D eigenvalue weighted by Crippen LogP contribution is 2.18. The monoisotopic (exact) mass is 1140 g/mol. The van der Waals surface area contributed by atoms with E-state index in [2.05, 4.69) is 123 Å². The molecular weight excluding hydrogens is 1000 g/mol. The first-order valence-corrected chi connectivity index (χ1v) is 35.4. The average molecular weight is 1140 g/mol. The summed E-state index contributed by atoms with van der Waals surface area (Å²) in [7, 11) is 0. The van der Waals surface area contributed by atoms with Crippen LogP contribution < -0.4 is 0 Å². The van der Waals surface area contributed by atoms with Gasteiger partial charge in [-0.2, -0.15) is 0 Å². The zero-order chi connectivity index (χ0) is 59.1. The van der Waals surface area contributed by atoms with Crippen molar-refractivity contribution in [2.24, 2.45) is 0 Å². The lowest BCUT2D eigenvalue weighted by atomic mass is 10.0. The first-order chi connectivity index (χ1) is 40.6. The van der Waals surface area contributed by atoms with E-state index in [1.54, 1.807) is 0 Å². The maximum Gasteiger partial charge on any atom is 0.306 e. The second kappa shape index (κ2) is 71.8. The number of ether oxygens (including phenoxy) is 2. The lowest BCUT2D eigenvalue weighted by Gasteiger charge is -2.15. The average Bonchev–Trinajstić information content (AvgIpc) is 3.49. The lowest BCUT2D eigenvalue weighted by molar-refractivity contribution is -0.161. The second-order valence-electron chi connectivity index (χ2n) is 23.6. The molecule has 0 bridgehead atoms.